The van der Waals surface area contributed by atoms with Crippen LogP contribution in [0.2, 0.25) is 0 Å². The molecule has 0 bridgehead atoms. The maximum Gasteiger partial charge on any atom is 0.574 e. The molecule has 0 saturated heterocycles. The van der Waals surface area contributed by atoms with Crippen LogP contribution >= 0.6 is 0 Å². The lowest BCUT2D eigenvalue weighted by molar-refractivity contribution is -0.276. The van der Waals surface area contributed by atoms with Crippen LogP contribution in [0.15, 0.2) is 6.07 Å². The Labute approximate surface area is 89.0 Å². The predicted molar refractivity (Wildman–Crippen MR) is 47.0 cm³/mol. The van der Waals surface area contributed by atoms with Gasteiger partial charge in [-0.3, -0.25) is 0 Å². The molecule has 0 fully saturated rings. The van der Waals surface area contributed by atoms with Gasteiger partial charge in [0.15, 0.2) is 0 Å². The zero-order valence-corrected chi connectivity index (χ0v) is 8.56. The summed E-state index contributed by atoms with van der Waals surface area (Å²) in [5.41, 5.74) is -0.112. The van der Waals surface area contributed by atoms with Gasteiger partial charge in [0.2, 0.25) is 5.88 Å². The van der Waals surface area contributed by atoms with Crippen molar-refractivity contribution >= 4 is 0 Å². The zero-order chi connectivity index (χ0) is 12.3. The van der Waals surface area contributed by atoms with Gasteiger partial charge >= 0.3 is 6.36 Å². The van der Waals surface area contributed by atoms with Crippen LogP contribution in [0.3, 0.4) is 0 Å². The third kappa shape index (κ3) is 2.98. The minimum absolute atomic E-state index is 0.0192. The molecule has 0 amide bonds. The quantitative estimate of drug-likeness (QED) is 0.760. The number of alkyl halides is 4. The van der Waals surface area contributed by atoms with Gasteiger partial charge in [0.25, 0.3) is 0 Å². The molecule has 0 N–H and O–H groups in total. The van der Waals surface area contributed by atoms with E-state index in [1.165, 1.54) is 20.1 Å². The molecule has 0 aliphatic carbocycles. The smallest absolute Gasteiger partial charge is 0.496 e. The van der Waals surface area contributed by atoms with E-state index in [-0.39, 0.29) is 17.0 Å². The maximum atomic E-state index is 12.6. The molecule has 0 saturated carbocycles. The number of rotatable bonds is 3. The Morgan fingerprint density at radius 3 is 2.44 bits per heavy atom. The summed E-state index contributed by atoms with van der Waals surface area (Å²) in [7, 11) is 1.23. The Hall–Kier alpha value is -1.53. The molecule has 0 aliphatic heterocycles. The van der Waals surface area contributed by atoms with Gasteiger partial charge in [0.1, 0.15) is 12.4 Å². The number of halogens is 4. The third-order valence-electron chi connectivity index (χ3n) is 1.74. The van der Waals surface area contributed by atoms with Crippen LogP contribution in [0.5, 0.6) is 11.6 Å². The van der Waals surface area contributed by atoms with Crippen molar-refractivity contribution in [1.82, 2.24) is 4.98 Å². The summed E-state index contributed by atoms with van der Waals surface area (Å²) in [6.07, 6.45) is -4.91. The zero-order valence-electron chi connectivity index (χ0n) is 8.56. The largest absolute Gasteiger partial charge is 0.574 e. The van der Waals surface area contributed by atoms with Gasteiger partial charge in [-0.25, -0.2) is 9.37 Å². The molecule has 0 spiro atoms. The summed E-state index contributed by atoms with van der Waals surface area (Å²) in [6.45, 7) is 0.301. The molecule has 1 rings (SSSR count). The number of hydrogen-bond acceptors (Lipinski definition) is 3. The number of hydrogen-bond donors (Lipinski definition) is 0. The number of pyridine rings is 1. The summed E-state index contributed by atoms with van der Waals surface area (Å²) in [4.78, 5) is 3.48. The Bertz CT molecular complexity index is 379. The van der Waals surface area contributed by atoms with Crippen LogP contribution in [0.4, 0.5) is 17.6 Å². The Kier molecular flexibility index (Phi) is 3.56. The van der Waals surface area contributed by atoms with Crippen LogP contribution < -0.4 is 9.47 Å². The van der Waals surface area contributed by atoms with Crippen LogP contribution in [0.25, 0.3) is 0 Å². The van der Waals surface area contributed by atoms with E-state index in [0.29, 0.717) is 0 Å². The van der Waals surface area contributed by atoms with Gasteiger partial charge in [-0.2, -0.15) is 0 Å². The van der Waals surface area contributed by atoms with E-state index in [4.69, 9.17) is 4.74 Å². The number of ether oxygens (including phenoxy) is 2. The first kappa shape index (κ1) is 12.5. The van der Waals surface area contributed by atoms with E-state index in [2.05, 4.69) is 9.72 Å². The molecule has 16 heavy (non-hydrogen) atoms. The molecule has 0 radical (unpaired) electrons. The minimum Gasteiger partial charge on any atom is -0.496 e. The first-order valence-electron chi connectivity index (χ1n) is 4.23. The standard InChI is InChI=1S/C9H9F4NO2/c1-5-3-7(15-2)6(4-10)8(14-5)16-9(11,12)13/h3H,4H2,1-2H3. The second kappa shape index (κ2) is 4.54. The number of aromatic nitrogens is 1. The van der Waals surface area contributed by atoms with Crippen molar-refractivity contribution in [3.63, 3.8) is 0 Å². The van der Waals surface area contributed by atoms with Gasteiger partial charge in [0, 0.05) is 11.8 Å². The van der Waals surface area contributed by atoms with Crippen molar-refractivity contribution in [2.45, 2.75) is 20.0 Å². The number of nitrogens with zero attached hydrogens (tertiary/aromatic N) is 1. The van der Waals surface area contributed by atoms with Crippen molar-refractivity contribution in [3.05, 3.63) is 17.3 Å². The highest BCUT2D eigenvalue weighted by Gasteiger charge is 2.33. The molecule has 1 aromatic rings. The van der Waals surface area contributed by atoms with E-state index < -0.39 is 18.9 Å². The molecule has 1 heterocycles. The van der Waals surface area contributed by atoms with Gasteiger partial charge in [0.05, 0.1) is 12.7 Å². The van der Waals surface area contributed by atoms with Crippen molar-refractivity contribution < 1.29 is 27.0 Å². The van der Waals surface area contributed by atoms with Gasteiger partial charge in [-0.15, -0.1) is 13.2 Å². The normalized spacial score (nSPS) is 11.4. The molecule has 3 nitrogen and oxygen atoms in total. The molecular weight excluding hydrogens is 230 g/mol. The lowest BCUT2D eigenvalue weighted by Gasteiger charge is -2.13. The number of aryl methyl sites for hydroxylation is 1. The fourth-order valence-electron chi connectivity index (χ4n) is 1.14. The Morgan fingerprint density at radius 2 is 2.00 bits per heavy atom. The first-order chi connectivity index (χ1) is 7.37. The molecule has 7 heteroatoms. The van der Waals surface area contributed by atoms with Crippen molar-refractivity contribution in [2.75, 3.05) is 7.11 Å². The van der Waals surface area contributed by atoms with E-state index in [1.54, 1.807) is 0 Å². The lowest BCUT2D eigenvalue weighted by Crippen LogP contribution is -2.19. The second-order valence-corrected chi connectivity index (χ2v) is 2.93. The Morgan fingerprint density at radius 1 is 1.38 bits per heavy atom. The molecule has 0 aliphatic rings. The highest BCUT2D eigenvalue weighted by Crippen LogP contribution is 2.32. The van der Waals surface area contributed by atoms with Crippen LogP contribution in [0.1, 0.15) is 11.3 Å². The molecule has 0 aromatic carbocycles. The first-order valence-corrected chi connectivity index (χ1v) is 4.23. The summed E-state index contributed by atoms with van der Waals surface area (Å²) in [5, 5.41) is 0. The van der Waals surface area contributed by atoms with E-state index in [0.717, 1.165) is 0 Å². The molecular formula is C9H9F4NO2. The monoisotopic (exact) mass is 239 g/mol. The average Bonchev–Trinajstić information content (AvgIpc) is 2.14. The van der Waals surface area contributed by atoms with Crippen molar-refractivity contribution in [3.8, 4) is 11.6 Å². The molecule has 90 valence electrons. The molecule has 0 unspecified atom stereocenters. The van der Waals surface area contributed by atoms with E-state index in [1.807, 2.05) is 0 Å². The van der Waals surface area contributed by atoms with Gasteiger partial charge in [-0.05, 0) is 6.92 Å². The van der Waals surface area contributed by atoms with Crippen LogP contribution in [-0.4, -0.2) is 18.5 Å². The van der Waals surface area contributed by atoms with Crippen molar-refractivity contribution in [1.29, 1.82) is 0 Å². The number of methoxy groups -OCH3 is 1. The molecule has 1 aromatic heterocycles. The predicted octanol–water partition coefficient (Wildman–Crippen LogP) is 2.77. The summed E-state index contributed by atoms with van der Waals surface area (Å²) >= 11 is 0. The van der Waals surface area contributed by atoms with Crippen LogP contribution in [-0.2, 0) is 6.67 Å². The van der Waals surface area contributed by atoms with Gasteiger partial charge < -0.3 is 9.47 Å². The summed E-state index contributed by atoms with van der Waals surface area (Å²) < 4.78 is 56.9. The van der Waals surface area contributed by atoms with Gasteiger partial charge in [-0.1, -0.05) is 0 Å². The Balaban J connectivity index is 3.20. The topological polar surface area (TPSA) is 31.4 Å². The summed E-state index contributed by atoms with van der Waals surface area (Å²) in [5.74, 6) is -0.832. The second-order valence-electron chi connectivity index (χ2n) is 2.93. The lowest BCUT2D eigenvalue weighted by atomic mass is 10.2. The average molecular weight is 239 g/mol. The highest BCUT2D eigenvalue weighted by atomic mass is 19.4. The summed E-state index contributed by atoms with van der Waals surface area (Å²) in [6, 6.07) is 1.33. The fraction of sp³-hybridized carbons (Fsp3) is 0.444. The van der Waals surface area contributed by atoms with Crippen LogP contribution in [0, 0.1) is 6.92 Å². The minimum atomic E-state index is -4.91. The highest BCUT2D eigenvalue weighted by molar-refractivity contribution is 5.41. The third-order valence-corrected chi connectivity index (χ3v) is 1.74. The fourth-order valence-corrected chi connectivity index (χ4v) is 1.14. The maximum absolute atomic E-state index is 12.6. The van der Waals surface area contributed by atoms with Crippen molar-refractivity contribution in [2.24, 2.45) is 0 Å². The van der Waals surface area contributed by atoms with E-state index >= 15 is 0 Å². The van der Waals surface area contributed by atoms with E-state index in [9.17, 15) is 17.6 Å². The SMILES string of the molecule is COc1cc(C)nc(OC(F)(F)F)c1CF. The molecule has 0 atom stereocenters.